The molecule has 0 saturated carbocycles. The van der Waals surface area contributed by atoms with Gasteiger partial charge in [0.25, 0.3) is 0 Å². The number of likely N-dealkylation sites (tertiary alicyclic amines) is 1. The Hall–Kier alpha value is -2.42. The van der Waals surface area contributed by atoms with Crippen LogP contribution >= 0.6 is 0 Å². The molecule has 2 amide bonds. The predicted molar refractivity (Wildman–Crippen MR) is 131 cm³/mol. The number of Topliss-reactive ketones (excluding diaryl/α,β-unsaturated/α-hetero) is 1. The summed E-state index contributed by atoms with van der Waals surface area (Å²) in [4.78, 5) is 38.9. The third-order valence-corrected chi connectivity index (χ3v) is 7.78. The molecule has 1 heterocycles. The molecule has 0 N–H and O–H groups in total. The van der Waals surface area contributed by atoms with E-state index in [2.05, 4.69) is 6.92 Å². The third kappa shape index (κ3) is 8.74. The number of ketones is 1. The molecule has 1 aromatic rings. The van der Waals surface area contributed by atoms with E-state index >= 15 is 0 Å². The molecule has 8 nitrogen and oxygen atoms in total. The van der Waals surface area contributed by atoms with E-state index in [9.17, 15) is 22.8 Å². The summed E-state index contributed by atoms with van der Waals surface area (Å²) in [5.41, 5.74) is 0.462. The molecule has 0 bridgehead atoms. The van der Waals surface area contributed by atoms with Gasteiger partial charge in [0.2, 0.25) is 21.8 Å². The van der Waals surface area contributed by atoms with Gasteiger partial charge in [0.1, 0.15) is 5.75 Å². The zero-order chi connectivity index (χ0) is 25.0. The maximum Gasteiger partial charge on any atom is 0.237 e. The summed E-state index contributed by atoms with van der Waals surface area (Å²) in [6.45, 7) is 5.61. The number of unbranched alkanes of at least 4 members (excludes halogenated alkanes) is 2. The Bertz CT molecular complexity index is 914. The number of hydrogen-bond donors (Lipinski definition) is 0. The molecular weight excluding hydrogens is 456 g/mol. The molecule has 9 heteroatoms. The zero-order valence-corrected chi connectivity index (χ0v) is 21.3. The first-order valence-electron chi connectivity index (χ1n) is 12.4. The molecule has 1 aliphatic heterocycles. The fourth-order valence-electron chi connectivity index (χ4n) is 3.90. The van der Waals surface area contributed by atoms with Gasteiger partial charge >= 0.3 is 0 Å². The number of nitrogens with zero attached hydrogens (tertiary/aromatic N) is 2. The molecule has 1 aliphatic rings. The van der Waals surface area contributed by atoms with Gasteiger partial charge < -0.3 is 9.64 Å². The number of carbonyl (C=O) groups excluding carboxylic acids is 3. The van der Waals surface area contributed by atoms with Crippen molar-refractivity contribution in [2.45, 2.75) is 71.6 Å². The molecule has 0 radical (unpaired) electrons. The molecule has 190 valence electrons. The quantitative estimate of drug-likeness (QED) is 0.256. The van der Waals surface area contributed by atoms with Crippen molar-refractivity contribution in [1.82, 2.24) is 9.21 Å². The normalized spacial score (nSPS) is 13.8. The Morgan fingerprint density at radius 3 is 2.38 bits per heavy atom. The van der Waals surface area contributed by atoms with E-state index in [0.29, 0.717) is 50.3 Å². The molecular formula is C25H38N2O6S. The Balaban J connectivity index is 1.90. The van der Waals surface area contributed by atoms with Crippen molar-refractivity contribution in [3.63, 3.8) is 0 Å². The highest BCUT2D eigenvalue weighted by atomic mass is 32.2. The van der Waals surface area contributed by atoms with E-state index < -0.39 is 15.9 Å². The van der Waals surface area contributed by atoms with E-state index in [4.69, 9.17) is 4.74 Å². The number of carbonyl (C=O) groups is 3. The lowest BCUT2D eigenvalue weighted by Crippen LogP contribution is -2.40. The molecule has 1 fully saturated rings. The number of ether oxygens (including phenoxy) is 1. The van der Waals surface area contributed by atoms with Gasteiger partial charge in [-0.2, -0.15) is 0 Å². The highest BCUT2D eigenvalue weighted by molar-refractivity contribution is 7.89. The summed E-state index contributed by atoms with van der Waals surface area (Å²) in [7, 11) is -3.76. The summed E-state index contributed by atoms with van der Waals surface area (Å²) in [6, 6.07) is 6.80. The van der Waals surface area contributed by atoms with Crippen molar-refractivity contribution in [1.29, 1.82) is 0 Å². The van der Waals surface area contributed by atoms with Crippen molar-refractivity contribution in [3.8, 4) is 5.75 Å². The fraction of sp³-hybridized carbons (Fsp3) is 0.640. The van der Waals surface area contributed by atoms with Gasteiger partial charge in [-0.3, -0.25) is 14.4 Å². The van der Waals surface area contributed by atoms with Gasteiger partial charge in [-0.15, -0.1) is 0 Å². The maximum absolute atomic E-state index is 12.8. The van der Waals surface area contributed by atoms with E-state index in [0.717, 1.165) is 30.0 Å². The standard InChI is InChI=1S/C25H38N2O6S/c1-3-5-6-19-33-22-12-10-21(11-13-22)23(28)14-15-25(30)27(34(31,32)20-4-2)18-8-17-26-16-7-9-24(26)29/h10-13H,3-9,14-20H2,1-2H3. The van der Waals surface area contributed by atoms with Crippen molar-refractivity contribution in [3.05, 3.63) is 29.8 Å². The monoisotopic (exact) mass is 494 g/mol. The van der Waals surface area contributed by atoms with Gasteiger partial charge in [0.05, 0.1) is 12.4 Å². The number of sulfonamides is 1. The Morgan fingerprint density at radius 2 is 1.76 bits per heavy atom. The second-order valence-corrected chi connectivity index (χ2v) is 10.6. The van der Waals surface area contributed by atoms with Gasteiger partial charge in [-0.25, -0.2) is 12.7 Å². The molecule has 2 rings (SSSR count). The van der Waals surface area contributed by atoms with Gasteiger partial charge in [0.15, 0.2) is 5.78 Å². The topological polar surface area (TPSA) is 101 Å². The molecule has 0 unspecified atom stereocenters. The summed E-state index contributed by atoms with van der Waals surface area (Å²) in [6.07, 6.45) is 5.05. The van der Waals surface area contributed by atoms with Crippen LogP contribution in [0.1, 0.15) is 82.0 Å². The molecule has 1 aromatic carbocycles. The smallest absolute Gasteiger partial charge is 0.237 e. The molecule has 1 saturated heterocycles. The van der Waals surface area contributed by atoms with Crippen LogP contribution in [0.4, 0.5) is 0 Å². The predicted octanol–water partition coefficient (Wildman–Crippen LogP) is 3.80. The fourth-order valence-corrected chi connectivity index (χ4v) is 5.45. The van der Waals surface area contributed by atoms with Crippen LogP contribution < -0.4 is 4.74 Å². The lowest BCUT2D eigenvalue weighted by molar-refractivity contribution is -0.127. The first kappa shape index (κ1) is 27.8. The number of benzene rings is 1. The van der Waals surface area contributed by atoms with Crippen molar-refractivity contribution < 1.29 is 27.5 Å². The summed E-state index contributed by atoms with van der Waals surface area (Å²) < 4.78 is 31.9. The van der Waals surface area contributed by atoms with Crippen LogP contribution in [0.25, 0.3) is 0 Å². The van der Waals surface area contributed by atoms with Crippen LogP contribution in [0.3, 0.4) is 0 Å². The summed E-state index contributed by atoms with van der Waals surface area (Å²) in [5, 5.41) is 0. The van der Waals surface area contributed by atoms with E-state index in [1.54, 1.807) is 36.1 Å². The largest absolute Gasteiger partial charge is 0.494 e. The van der Waals surface area contributed by atoms with Crippen LogP contribution in [-0.2, 0) is 19.6 Å². The van der Waals surface area contributed by atoms with Gasteiger partial charge in [-0.1, -0.05) is 26.7 Å². The lowest BCUT2D eigenvalue weighted by atomic mass is 10.1. The van der Waals surface area contributed by atoms with E-state index in [-0.39, 0.29) is 36.8 Å². The lowest BCUT2D eigenvalue weighted by Gasteiger charge is -2.24. The average molecular weight is 495 g/mol. The van der Waals surface area contributed by atoms with Crippen molar-refractivity contribution >= 4 is 27.6 Å². The molecule has 0 spiro atoms. The number of amides is 2. The van der Waals surface area contributed by atoms with E-state index in [1.807, 2.05) is 0 Å². The average Bonchev–Trinajstić information content (AvgIpc) is 3.22. The third-order valence-electron chi connectivity index (χ3n) is 5.80. The molecule has 0 atom stereocenters. The van der Waals surface area contributed by atoms with Crippen molar-refractivity contribution in [2.24, 2.45) is 0 Å². The minimum atomic E-state index is -3.76. The first-order chi connectivity index (χ1) is 16.3. The molecule has 34 heavy (non-hydrogen) atoms. The second kappa shape index (κ2) is 14.1. The van der Waals surface area contributed by atoms with Gasteiger partial charge in [-0.05, 0) is 49.9 Å². The summed E-state index contributed by atoms with van der Waals surface area (Å²) >= 11 is 0. The highest BCUT2D eigenvalue weighted by Crippen LogP contribution is 2.17. The van der Waals surface area contributed by atoms with Crippen LogP contribution in [0.5, 0.6) is 5.75 Å². The van der Waals surface area contributed by atoms with E-state index in [1.165, 1.54) is 0 Å². The molecule has 0 aliphatic carbocycles. The minimum Gasteiger partial charge on any atom is -0.494 e. The van der Waals surface area contributed by atoms with Crippen LogP contribution in [0.2, 0.25) is 0 Å². The SMILES string of the molecule is CCCCCOc1ccc(C(=O)CCC(=O)N(CCCN2CCCC2=O)S(=O)(=O)CCC)cc1. The van der Waals surface area contributed by atoms with Crippen LogP contribution in [0, 0.1) is 0 Å². The minimum absolute atomic E-state index is 0.0171. The van der Waals surface area contributed by atoms with Crippen LogP contribution in [0.15, 0.2) is 24.3 Å². The zero-order valence-electron chi connectivity index (χ0n) is 20.5. The maximum atomic E-state index is 12.8. The Kier molecular flexibility index (Phi) is 11.5. The Labute approximate surface area is 203 Å². The molecule has 0 aromatic heterocycles. The van der Waals surface area contributed by atoms with Crippen LogP contribution in [-0.4, -0.2) is 67.2 Å². The summed E-state index contributed by atoms with van der Waals surface area (Å²) in [5.74, 6) is -0.171. The van der Waals surface area contributed by atoms with Crippen molar-refractivity contribution in [2.75, 3.05) is 32.0 Å². The first-order valence-corrected chi connectivity index (χ1v) is 14.0. The number of hydrogen-bond acceptors (Lipinski definition) is 6. The highest BCUT2D eigenvalue weighted by Gasteiger charge is 2.27. The van der Waals surface area contributed by atoms with Gasteiger partial charge in [0, 0.05) is 44.5 Å². The second-order valence-electron chi connectivity index (χ2n) is 8.62. The number of rotatable bonds is 16. The Morgan fingerprint density at radius 1 is 1.03 bits per heavy atom.